The van der Waals surface area contributed by atoms with Crippen molar-refractivity contribution in [2.45, 2.75) is 26.0 Å². The monoisotopic (exact) mass is 211 g/mol. The molecule has 0 spiro atoms. The van der Waals surface area contributed by atoms with Crippen LogP contribution in [-0.2, 0) is 9.53 Å². The average molecular weight is 211 g/mol. The molecule has 0 unspecified atom stereocenters. The van der Waals surface area contributed by atoms with E-state index in [9.17, 15) is 9.90 Å². The van der Waals surface area contributed by atoms with Gasteiger partial charge in [-0.25, -0.2) is 0 Å². The number of aliphatic hydroxyl groups excluding tert-OH is 1. The van der Waals surface area contributed by atoms with Gasteiger partial charge in [-0.2, -0.15) is 0 Å². The van der Waals surface area contributed by atoms with E-state index < -0.39 is 0 Å². The smallest absolute Gasteiger partial charge is 0.230 e. The van der Waals surface area contributed by atoms with Gasteiger partial charge in [0.15, 0.2) is 0 Å². The Morgan fingerprint density at radius 1 is 1.53 bits per heavy atom. The summed E-state index contributed by atoms with van der Waals surface area (Å²) in [4.78, 5) is 13.4. The van der Waals surface area contributed by atoms with E-state index in [1.54, 1.807) is 0 Å². The number of allylic oxidation sites excluding steroid dienone is 2. The molecule has 0 saturated carbocycles. The average Bonchev–Trinajstić information content (AvgIpc) is 2.54. The zero-order chi connectivity index (χ0) is 10.8. The van der Waals surface area contributed by atoms with E-state index in [1.165, 1.54) is 4.90 Å². The van der Waals surface area contributed by atoms with Crippen molar-refractivity contribution in [1.82, 2.24) is 4.90 Å². The third kappa shape index (κ3) is 1.68. The van der Waals surface area contributed by atoms with E-state index in [4.69, 9.17) is 4.74 Å². The third-order valence-corrected chi connectivity index (χ3v) is 3.25. The Labute approximate surface area is 89.5 Å². The van der Waals surface area contributed by atoms with Gasteiger partial charge in [-0.1, -0.05) is 12.2 Å². The summed E-state index contributed by atoms with van der Waals surface area (Å²) in [5, 5.41) is 9.19. The Bertz CT molecular complexity index is 277. The highest BCUT2D eigenvalue weighted by atomic mass is 16.5. The molecule has 0 aromatic heterocycles. The van der Waals surface area contributed by atoms with Gasteiger partial charge < -0.3 is 9.84 Å². The maximum atomic E-state index is 11.9. The summed E-state index contributed by atoms with van der Waals surface area (Å²) in [7, 11) is 0. The fourth-order valence-electron chi connectivity index (χ4n) is 2.54. The molecule has 1 aliphatic heterocycles. The van der Waals surface area contributed by atoms with Crippen LogP contribution in [0, 0.1) is 11.8 Å². The van der Waals surface area contributed by atoms with Crippen LogP contribution in [0.15, 0.2) is 12.2 Å². The lowest BCUT2D eigenvalue weighted by atomic mass is 9.85. The van der Waals surface area contributed by atoms with E-state index in [-0.39, 0.29) is 30.7 Å². The molecule has 3 atom stereocenters. The fourth-order valence-corrected chi connectivity index (χ4v) is 2.54. The van der Waals surface area contributed by atoms with Gasteiger partial charge in [0.05, 0.1) is 0 Å². The second kappa shape index (κ2) is 4.33. The van der Waals surface area contributed by atoms with Gasteiger partial charge in [0.2, 0.25) is 5.91 Å². The molecule has 4 nitrogen and oxygen atoms in total. The van der Waals surface area contributed by atoms with Gasteiger partial charge in [-0.05, 0) is 19.8 Å². The normalized spacial score (nSPS) is 34.7. The molecule has 0 aromatic rings. The Hall–Kier alpha value is -0.870. The van der Waals surface area contributed by atoms with E-state index in [0.717, 1.165) is 12.8 Å². The van der Waals surface area contributed by atoms with Crippen molar-refractivity contribution in [3.8, 4) is 0 Å². The molecule has 2 rings (SSSR count). The minimum atomic E-state index is -0.240. The van der Waals surface area contributed by atoms with Crippen molar-refractivity contribution >= 4 is 5.91 Å². The van der Waals surface area contributed by atoms with Crippen molar-refractivity contribution in [1.29, 1.82) is 0 Å². The number of hydrogen-bond donors (Lipinski definition) is 1. The second-order valence-electron chi connectivity index (χ2n) is 4.01. The molecular weight excluding hydrogens is 194 g/mol. The summed E-state index contributed by atoms with van der Waals surface area (Å²) >= 11 is 0. The number of hydrogen-bond acceptors (Lipinski definition) is 3. The lowest BCUT2D eigenvalue weighted by Gasteiger charge is -2.26. The fraction of sp³-hybridized carbons (Fsp3) is 0.727. The van der Waals surface area contributed by atoms with Crippen molar-refractivity contribution in [2.24, 2.45) is 11.8 Å². The topological polar surface area (TPSA) is 49.8 Å². The number of fused-ring (bicyclic) bond motifs is 1. The molecule has 1 N–H and O–H groups in total. The Balaban J connectivity index is 2.19. The summed E-state index contributed by atoms with van der Waals surface area (Å²) in [5.41, 5.74) is 0. The first-order valence-electron chi connectivity index (χ1n) is 5.47. The largest absolute Gasteiger partial charge is 0.376 e. The summed E-state index contributed by atoms with van der Waals surface area (Å²) in [6.45, 7) is 2.24. The molecular formula is C11H17NO3. The van der Waals surface area contributed by atoms with Crippen LogP contribution in [-0.4, -0.2) is 35.5 Å². The number of rotatable bonds is 3. The maximum Gasteiger partial charge on any atom is 0.230 e. The summed E-state index contributed by atoms with van der Waals surface area (Å²) in [6, 6.07) is 0. The molecule has 1 fully saturated rings. The maximum absolute atomic E-state index is 11.9. The van der Waals surface area contributed by atoms with Crippen LogP contribution in [0.5, 0.6) is 0 Å². The number of amides is 1. The van der Waals surface area contributed by atoms with Crippen LogP contribution in [0.25, 0.3) is 0 Å². The minimum absolute atomic E-state index is 0.0127. The van der Waals surface area contributed by atoms with Gasteiger partial charge in [-0.15, -0.1) is 0 Å². The molecule has 0 radical (unpaired) electrons. The molecule has 1 saturated heterocycles. The predicted octanol–water partition coefficient (Wildman–Crippen LogP) is 0.723. The molecule has 84 valence electrons. The van der Waals surface area contributed by atoms with Crippen molar-refractivity contribution in [3.05, 3.63) is 12.2 Å². The highest BCUT2D eigenvalue weighted by Crippen LogP contribution is 2.38. The molecule has 4 heteroatoms. The molecule has 15 heavy (non-hydrogen) atoms. The molecule has 0 aromatic carbocycles. The van der Waals surface area contributed by atoms with Crippen LogP contribution in [0.1, 0.15) is 19.8 Å². The van der Waals surface area contributed by atoms with Crippen molar-refractivity contribution < 1.29 is 14.6 Å². The Morgan fingerprint density at radius 2 is 2.27 bits per heavy atom. The number of likely N-dealkylation sites (tertiary alicyclic amines) is 1. The lowest BCUT2D eigenvalue weighted by molar-refractivity contribution is -0.145. The summed E-state index contributed by atoms with van der Waals surface area (Å²) < 4.78 is 5.56. The van der Waals surface area contributed by atoms with Gasteiger partial charge >= 0.3 is 0 Å². The van der Waals surface area contributed by atoms with Crippen LogP contribution in [0.3, 0.4) is 0 Å². The molecule has 1 heterocycles. The highest BCUT2D eigenvalue weighted by Gasteiger charge is 2.47. The van der Waals surface area contributed by atoms with E-state index in [2.05, 4.69) is 6.08 Å². The second-order valence-corrected chi connectivity index (χ2v) is 4.01. The first-order valence-corrected chi connectivity index (χ1v) is 5.47. The standard InChI is InChI=1S/C11H17NO3/c1-2-15-11-9-6-4-3-5-8(9)10(14)12(11)7-13/h3-4,8-9,11,13H,2,5-7H2,1H3/t8-,9+,11-/m0/s1. The Morgan fingerprint density at radius 3 is 2.93 bits per heavy atom. The molecule has 1 amide bonds. The van der Waals surface area contributed by atoms with Gasteiger partial charge in [-0.3, -0.25) is 9.69 Å². The number of aliphatic hydroxyl groups is 1. The predicted molar refractivity (Wildman–Crippen MR) is 54.7 cm³/mol. The molecule has 2 aliphatic rings. The summed E-state index contributed by atoms with van der Waals surface area (Å²) in [5.74, 6) is 0.263. The van der Waals surface area contributed by atoms with Gasteiger partial charge in [0.1, 0.15) is 13.0 Å². The SMILES string of the molecule is CCO[C@H]1[C@@H]2CC=CC[C@@H]2C(=O)N1CO. The zero-order valence-corrected chi connectivity index (χ0v) is 8.93. The van der Waals surface area contributed by atoms with Crippen LogP contribution >= 0.6 is 0 Å². The third-order valence-electron chi connectivity index (χ3n) is 3.25. The number of carbonyl (C=O) groups excluding carboxylic acids is 1. The number of nitrogens with zero attached hydrogens (tertiary/aromatic N) is 1. The van der Waals surface area contributed by atoms with Crippen LogP contribution < -0.4 is 0 Å². The quantitative estimate of drug-likeness (QED) is 0.700. The number of ether oxygens (including phenoxy) is 1. The first-order chi connectivity index (χ1) is 7.29. The molecule has 0 bridgehead atoms. The van der Waals surface area contributed by atoms with Crippen LogP contribution in [0.2, 0.25) is 0 Å². The first kappa shape index (κ1) is 10.6. The lowest BCUT2D eigenvalue weighted by Crippen LogP contribution is -2.38. The zero-order valence-electron chi connectivity index (χ0n) is 8.93. The van der Waals surface area contributed by atoms with Crippen molar-refractivity contribution in [3.63, 3.8) is 0 Å². The van der Waals surface area contributed by atoms with Gasteiger partial charge in [0, 0.05) is 18.4 Å². The van der Waals surface area contributed by atoms with E-state index in [1.807, 2.05) is 13.0 Å². The van der Waals surface area contributed by atoms with E-state index >= 15 is 0 Å². The van der Waals surface area contributed by atoms with E-state index in [0.29, 0.717) is 6.61 Å². The van der Waals surface area contributed by atoms with Crippen LogP contribution in [0.4, 0.5) is 0 Å². The Kier molecular flexibility index (Phi) is 3.07. The van der Waals surface area contributed by atoms with Gasteiger partial charge in [0.25, 0.3) is 0 Å². The van der Waals surface area contributed by atoms with Crippen molar-refractivity contribution in [2.75, 3.05) is 13.3 Å². The number of carbonyl (C=O) groups is 1. The molecule has 1 aliphatic carbocycles. The minimum Gasteiger partial charge on any atom is -0.376 e. The highest BCUT2D eigenvalue weighted by molar-refractivity contribution is 5.82. The summed E-state index contributed by atoms with van der Waals surface area (Å²) in [6.07, 6.45) is 5.56.